The minimum Gasteiger partial charge on any atom is -0.465 e. The van der Waals surface area contributed by atoms with Gasteiger partial charge in [0.15, 0.2) is 0 Å². The van der Waals surface area contributed by atoms with Gasteiger partial charge in [-0.25, -0.2) is 9.78 Å². The maximum Gasteiger partial charge on any atom is 0.342 e. The molecule has 12 heavy (non-hydrogen) atoms. The normalized spacial score (nSPS) is 9.58. The monoisotopic (exact) mass is 281 g/mol. The van der Waals surface area contributed by atoms with Crippen LogP contribution in [0.1, 0.15) is 10.4 Å². The van der Waals surface area contributed by atoms with Crippen LogP contribution in [0.3, 0.4) is 0 Å². The van der Waals surface area contributed by atoms with E-state index in [1.807, 2.05) is 22.6 Å². The van der Waals surface area contributed by atoms with E-state index in [4.69, 9.17) is 0 Å². The Hall–Kier alpha value is -0.720. The summed E-state index contributed by atoms with van der Waals surface area (Å²) in [6.07, 6.45) is 0. The minimum atomic E-state index is -0.797. The first-order valence-electron chi connectivity index (χ1n) is 3.05. The number of carbonyl (C=O) groups excluding carboxylic acids is 1. The Balaban J connectivity index is 3.09. The van der Waals surface area contributed by atoms with Crippen molar-refractivity contribution < 1.29 is 13.9 Å². The summed E-state index contributed by atoms with van der Waals surface area (Å²) in [6.45, 7) is 0. The van der Waals surface area contributed by atoms with Crippen molar-refractivity contribution in [3.8, 4) is 0 Å². The van der Waals surface area contributed by atoms with Gasteiger partial charge >= 0.3 is 5.97 Å². The van der Waals surface area contributed by atoms with Crippen molar-refractivity contribution in [2.45, 2.75) is 0 Å². The number of pyridine rings is 1. The molecule has 0 saturated heterocycles. The molecule has 64 valence electrons. The Bertz CT molecular complexity index is 316. The van der Waals surface area contributed by atoms with Gasteiger partial charge in [0.1, 0.15) is 9.26 Å². The van der Waals surface area contributed by atoms with Gasteiger partial charge in [-0.1, -0.05) is 0 Å². The summed E-state index contributed by atoms with van der Waals surface area (Å²) in [6, 6.07) is 2.88. The quantitative estimate of drug-likeness (QED) is 0.446. The minimum absolute atomic E-state index is 0.141. The van der Waals surface area contributed by atoms with E-state index in [0.29, 0.717) is 3.70 Å². The van der Waals surface area contributed by atoms with Gasteiger partial charge in [-0.2, -0.15) is 4.39 Å². The summed E-state index contributed by atoms with van der Waals surface area (Å²) < 4.78 is 17.7. The zero-order valence-corrected chi connectivity index (χ0v) is 8.33. The molecule has 0 aliphatic carbocycles. The molecule has 1 aromatic rings. The van der Waals surface area contributed by atoms with Crippen LogP contribution in [0, 0.1) is 9.65 Å². The van der Waals surface area contributed by atoms with Crippen LogP contribution in [0.25, 0.3) is 0 Å². The van der Waals surface area contributed by atoms with E-state index >= 15 is 0 Å². The molecule has 0 amide bonds. The molecule has 3 nitrogen and oxygen atoms in total. The zero-order chi connectivity index (χ0) is 9.14. The second-order valence-corrected chi connectivity index (χ2v) is 3.07. The summed E-state index contributed by atoms with van der Waals surface area (Å²) in [4.78, 5) is 14.3. The summed E-state index contributed by atoms with van der Waals surface area (Å²) in [5.41, 5.74) is -0.141. The standard InChI is InChI=1S/C7H5FINO2/c1-12-7(11)4-2-3-5(9)10-6(4)8/h2-3H,1H3. The third-order valence-corrected chi connectivity index (χ3v) is 1.82. The highest BCUT2D eigenvalue weighted by Crippen LogP contribution is 2.08. The van der Waals surface area contributed by atoms with Crippen LogP contribution in [0.15, 0.2) is 12.1 Å². The maximum absolute atomic E-state index is 12.9. The van der Waals surface area contributed by atoms with Gasteiger partial charge in [-0.15, -0.1) is 0 Å². The van der Waals surface area contributed by atoms with Crippen LogP contribution in [-0.2, 0) is 4.74 Å². The average molecular weight is 281 g/mol. The highest BCUT2D eigenvalue weighted by molar-refractivity contribution is 14.1. The number of nitrogens with zero attached hydrogens (tertiary/aromatic N) is 1. The molecule has 1 rings (SSSR count). The van der Waals surface area contributed by atoms with Gasteiger partial charge in [-0.05, 0) is 34.7 Å². The van der Waals surface area contributed by atoms with Crippen LogP contribution in [-0.4, -0.2) is 18.1 Å². The predicted molar refractivity (Wildman–Crippen MR) is 48.3 cm³/mol. The van der Waals surface area contributed by atoms with Crippen LogP contribution in [0.4, 0.5) is 4.39 Å². The lowest BCUT2D eigenvalue weighted by atomic mass is 10.3. The van der Waals surface area contributed by atoms with E-state index in [2.05, 4.69) is 9.72 Å². The molecule has 0 unspecified atom stereocenters. The Morgan fingerprint density at radius 3 is 2.83 bits per heavy atom. The molecule has 0 spiro atoms. The van der Waals surface area contributed by atoms with Crippen LogP contribution in [0.5, 0.6) is 0 Å². The van der Waals surface area contributed by atoms with Gasteiger partial charge in [0.25, 0.3) is 0 Å². The number of carbonyl (C=O) groups is 1. The fourth-order valence-electron chi connectivity index (χ4n) is 0.674. The van der Waals surface area contributed by atoms with Crippen molar-refractivity contribution in [3.05, 3.63) is 27.3 Å². The van der Waals surface area contributed by atoms with Gasteiger partial charge in [-0.3, -0.25) is 0 Å². The van der Waals surface area contributed by atoms with E-state index in [1.54, 1.807) is 0 Å². The first-order valence-corrected chi connectivity index (χ1v) is 4.13. The molecule has 0 fully saturated rings. The number of rotatable bonds is 1. The van der Waals surface area contributed by atoms with Crippen LogP contribution in [0.2, 0.25) is 0 Å². The number of aromatic nitrogens is 1. The smallest absolute Gasteiger partial charge is 0.342 e. The van der Waals surface area contributed by atoms with E-state index in [-0.39, 0.29) is 5.56 Å². The molecule has 0 radical (unpaired) electrons. The molecule has 0 N–H and O–H groups in total. The van der Waals surface area contributed by atoms with Gasteiger partial charge in [0.05, 0.1) is 7.11 Å². The van der Waals surface area contributed by atoms with Gasteiger partial charge in [0, 0.05) is 0 Å². The van der Waals surface area contributed by atoms with Crippen molar-refractivity contribution in [1.82, 2.24) is 4.98 Å². The van der Waals surface area contributed by atoms with Crippen molar-refractivity contribution in [2.75, 3.05) is 7.11 Å². The largest absolute Gasteiger partial charge is 0.465 e. The molecule has 5 heteroatoms. The highest BCUT2D eigenvalue weighted by Gasteiger charge is 2.12. The topological polar surface area (TPSA) is 39.2 Å². The second kappa shape index (κ2) is 3.79. The van der Waals surface area contributed by atoms with Crippen molar-refractivity contribution in [2.24, 2.45) is 0 Å². The maximum atomic E-state index is 12.9. The summed E-state index contributed by atoms with van der Waals surface area (Å²) in [7, 11) is 1.19. The first-order chi connectivity index (χ1) is 5.65. The molecular formula is C7H5FINO2. The third-order valence-electron chi connectivity index (χ3n) is 1.22. The zero-order valence-electron chi connectivity index (χ0n) is 6.17. The Kier molecular flexibility index (Phi) is 2.96. The first kappa shape index (κ1) is 9.37. The number of hydrogen-bond acceptors (Lipinski definition) is 3. The van der Waals surface area contributed by atoms with E-state index in [1.165, 1.54) is 19.2 Å². The van der Waals surface area contributed by atoms with Crippen molar-refractivity contribution >= 4 is 28.6 Å². The Morgan fingerprint density at radius 2 is 2.33 bits per heavy atom. The number of ether oxygens (including phenoxy) is 1. The Morgan fingerprint density at radius 1 is 1.67 bits per heavy atom. The SMILES string of the molecule is COC(=O)c1ccc(I)nc1F. The summed E-state index contributed by atoms with van der Waals surface area (Å²) in [5, 5.41) is 0. The number of esters is 1. The lowest BCUT2D eigenvalue weighted by Gasteiger charge is -1.99. The van der Waals surface area contributed by atoms with Crippen molar-refractivity contribution in [3.63, 3.8) is 0 Å². The van der Waals surface area contributed by atoms with E-state index in [9.17, 15) is 9.18 Å². The van der Waals surface area contributed by atoms with E-state index < -0.39 is 11.9 Å². The van der Waals surface area contributed by atoms with Crippen LogP contribution >= 0.6 is 22.6 Å². The summed E-state index contributed by atoms with van der Waals surface area (Å²) >= 11 is 1.85. The lowest BCUT2D eigenvalue weighted by molar-refractivity contribution is 0.0594. The fraction of sp³-hybridized carbons (Fsp3) is 0.143. The van der Waals surface area contributed by atoms with Gasteiger partial charge < -0.3 is 4.74 Å². The molecule has 0 aromatic carbocycles. The molecular weight excluding hydrogens is 276 g/mol. The number of methoxy groups -OCH3 is 1. The second-order valence-electron chi connectivity index (χ2n) is 1.96. The van der Waals surface area contributed by atoms with Gasteiger partial charge in [0.2, 0.25) is 5.95 Å². The highest BCUT2D eigenvalue weighted by atomic mass is 127. The molecule has 0 bridgehead atoms. The lowest BCUT2D eigenvalue weighted by Crippen LogP contribution is -2.06. The summed E-state index contributed by atoms with van der Waals surface area (Å²) in [5.74, 6) is -1.51. The molecule has 0 saturated carbocycles. The fourth-order valence-corrected chi connectivity index (χ4v) is 1.07. The molecule has 1 aromatic heterocycles. The van der Waals surface area contributed by atoms with E-state index in [0.717, 1.165) is 0 Å². The molecule has 0 aliphatic heterocycles. The van der Waals surface area contributed by atoms with Crippen molar-refractivity contribution in [1.29, 1.82) is 0 Å². The molecule has 1 heterocycles. The third kappa shape index (κ3) is 1.90. The molecule has 0 atom stereocenters. The number of hydrogen-bond donors (Lipinski definition) is 0. The number of halogens is 2. The molecule has 0 aliphatic rings. The predicted octanol–water partition coefficient (Wildman–Crippen LogP) is 1.61. The Labute approximate surface area is 82.1 Å². The van der Waals surface area contributed by atoms with Crippen LogP contribution < -0.4 is 0 Å². The average Bonchev–Trinajstić information content (AvgIpc) is 2.03.